The zero-order valence-electron chi connectivity index (χ0n) is 26.2. The molecule has 0 unspecified atom stereocenters. The van der Waals surface area contributed by atoms with Gasteiger partial charge in [-0.05, 0) is 79.6 Å². The van der Waals surface area contributed by atoms with Gasteiger partial charge in [0.15, 0.2) is 6.29 Å². The molecule has 3 aliphatic carbocycles. The van der Waals surface area contributed by atoms with E-state index in [4.69, 9.17) is 18.9 Å². The predicted molar refractivity (Wildman–Crippen MR) is 156 cm³/mol. The quantitative estimate of drug-likeness (QED) is 0.0660. The molecule has 13 heteroatoms. The van der Waals surface area contributed by atoms with Gasteiger partial charge in [-0.25, -0.2) is 0 Å². The van der Waals surface area contributed by atoms with Crippen molar-refractivity contribution in [1.29, 1.82) is 0 Å². The van der Waals surface area contributed by atoms with Gasteiger partial charge in [-0.15, -0.1) is 0 Å². The Labute approximate surface area is 263 Å². The van der Waals surface area contributed by atoms with Crippen LogP contribution in [0.2, 0.25) is 0 Å². The SMILES string of the molecule is C=C1C[C@@]23CC[C@H](C)[C@@](C)(CCCCC(=O)O[C@@H]4O[C@H](CO)[C@@H](O)[C@H](O)[C@H]4O)[C@@H]2CC[C@]1(O[C@@H]1O[C@H](CO)[C@@H](O)[C@H](O)[C@H]1O)C3. The third kappa shape index (κ3) is 6.24. The maximum atomic E-state index is 12.6. The van der Waals surface area contributed by atoms with E-state index in [2.05, 4.69) is 20.4 Å². The lowest BCUT2D eigenvalue weighted by atomic mass is 9.47. The molecule has 2 aliphatic heterocycles. The molecule has 8 N–H and O–H groups in total. The average Bonchev–Trinajstić information content (AvgIpc) is 3.22. The number of unbranched alkanes of at least 4 members (excludes halogenated alkanes) is 1. The van der Waals surface area contributed by atoms with E-state index < -0.39 is 86.2 Å². The molecule has 13 nitrogen and oxygen atoms in total. The Kier molecular flexibility index (Phi) is 10.4. The summed E-state index contributed by atoms with van der Waals surface area (Å²) in [6, 6.07) is 0. The molecule has 3 saturated carbocycles. The molecule has 5 aliphatic rings. The lowest BCUT2D eigenvalue weighted by Crippen LogP contribution is -2.61. The summed E-state index contributed by atoms with van der Waals surface area (Å²) < 4.78 is 22.7. The number of fused-ring (bicyclic) bond motifs is 1. The first-order valence-corrected chi connectivity index (χ1v) is 16.4. The van der Waals surface area contributed by atoms with Crippen LogP contribution in [0, 0.1) is 22.7 Å². The molecule has 5 rings (SSSR count). The summed E-state index contributed by atoms with van der Waals surface area (Å²) in [4.78, 5) is 12.6. The molecule has 0 radical (unpaired) electrons. The number of carbonyl (C=O) groups excluding carboxylic acids is 1. The molecule has 5 fully saturated rings. The fourth-order valence-electron chi connectivity index (χ4n) is 9.21. The van der Waals surface area contributed by atoms with Gasteiger partial charge in [0.1, 0.15) is 48.8 Å². The lowest BCUT2D eigenvalue weighted by Gasteiger charge is -2.59. The van der Waals surface area contributed by atoms with Crippen LogP contribution in [0.25, 0.3) is 0 Å². The third-order valence-corrected chi connectivity index (χ3v) is 12.1. The number of hydrogen-bond acceptors (Lipinski definition) is 13. The summed E-state index contributed by atoms with van der Waals surface area (Å²) in [6.45, 7) is 7.90. The van der Waals surface area contributed by atoms with Crippen molar-refractivity contribution in [3.63, 3.8) is 0 Å². The van der Waals surface area contributed by atoms with Crippen LogP contribution in [-0.2, 0) is 23.7 Å². The molecule has 0 amide bonds. The van der Waals surface area contributed by atoms with Crippen LogP contribution in [0.3, 0.4) is 0 Å². The molecule has 45 heavy (non-hydrogen) atoms. The van der Waals surface area contributed by atoms with Gasteiger partial charge < -0.3 is 59.8 Å². The highest BCUT2D eigenvalue weighted by Crippen LogP contribution is 2.70. The Morgan fingerprint density at radius 3 is 2.09 bits per heavy atom. The molecule has 258 valence electrons. The Morgan fingerprint density at radius 2 is 1.47 bits per heavy atom. The van der Waals surface area contributed by atoms with Crippen molar-refractivity contribution in [2.75, 3.05) is 13.2 Å². The zero-order valence-corrected chi connectivity index (χ0v) is 26.2. The second-order valence-corrected chi connectivity index (χ2v) is 14.6. The number of esters is 1. The van der Waals surface area contributed by atoms with Crippen LogP contribution in [-0.4, -0.2) is 127 Å². The Hall–Kier alpha value is -1.23. The lowest BCUT2D eigenvalue weighted by molar-refractivity contribution is -0.326. The molecule has 1 spiro atoms. The van der Waals surface area contributed by atoms with Gasteiger partial charge in [0, 0.05) is 6.42 Å². The van der Waals surface area contributed by atoms with Crippen LogP contribution in [0.15, 0.2) is 12.2 Å². The van der Waals surface area contributed by atoms with Crippen molar-refractivity contribution >= 4 is 5.97 Å². The van der Waals surface area contributed by atoms with E-state index in [0.717, 1.165) is 44.1 Å². The van der Waals surface area contributed by atoms with Gasteiger partial charge in [0.25, 0.3) is 0 Å². The van der Waals surface area contributed by atoms with E-state index in [9.17, 15) is 45.6 Å². The van der Waals surface area contributed by atoms with Gasteiger partial charge in [-0.3, -0.25) is 4.79 Å². The van der Waals surface area contributed by atoms with Crippen molar-refractivity contribution in [2.24, 2.45) is 22.7 Å². The third-order valence-electron chi connectivity index (χ3n) is 12.1. The fraction of sp³-hybridized carbons (Fsp3) is 0.906. The zero-order chi connectivity index (χ0) is 32.9. The maximum Gasteiger partial charge on any atom is 0.308 e. The highest BCUT2D eigenvalue weighted by atomic mass is 16.7. The number of rotatable bonds is 10. The molecule has 2 saturated heterocycles. The van der Waals surface area contributed by atoms with Crippen LogP contribution in [0.4, 0.5) is 0 Å². The topological polar surface area (TPSA) is 216 Å². The van der Waals surface area contributed by atoms with E-state index in [0.29, 0.717) is 31.1 Å². The summed E-state index contributed by atoms with van der Waals surface area (Å²) in [5, 5.41) is 80.2. The highest BCUT2D eigenvalue weighted by Gasteiger charge is 2.65. The minimum Gasteiger partial charge on any atom is -0.433 e. The largest absolute Gasteiger partial charge is 0.433 e. The van der Waals surface area contributed by atoms with Crippen LogP contribution >= 0.6 is 0 Å². The number of aliphatic hydroxyl groups excluding tert-OH is 8. The van der Waals surface area contributed by atoms with E-state index in [1.54, 1.807) is 0 Å². The maximum absolute atomic E-state index is 12.6. The van der Waals surface area contributed by atoms with Gasteiger partial charge in [-0.1, -0.05) is 26.8 Å². The fourth-order valence-corrected chi connectivity index (χ4v) is 9.21. The first kappa shape index (κ1) is 35.1. The van der Waals surface area contributed by atoms with Crippen molar-refractivity contribution in [3.8, 4) is 0 Å². The smallest absolute Gasteiger partial charge is 0.308 e. The van der Waals surface area contributed by atoms with Crippen LogP contribution in [0.5, 0.6) is 0 Å². The van der Waals surface area contributed by atoms with E-state index in [1.165, 1.54) is 0 Å². The monoisotopic (exact) mass is 644 g/mol. The Bertz CT molecular complexity index is 1070. The molecule has 0 aromatic heterocycles. The average molecular weight is 645 g/mol. The first-order valence-electron chi connectivity index (χ1n) is 16.4. The minimum absolute atomic E-state index is 0.0145. The first-order chi connectivity index (χ1) is 21.2. The summed E-state index contributed by atoms with van der Waals surface area (Å²) in [5.74, 6) is 0.222. The van der Waals surface area contributed by atoms with Crippen LogP contribution < -0.4 is 0 Å². The molecule has 0 aromatic rings. The highest BCUT2D eigenvalue weighted by molar-refractivity contribution is 5.69. The number of hydrogen-bond donors (Lipinski definition) is 8. The summed E-state index contributed by atoms with van der Waals surface area (Å²) >= 11 is 0. The van der Waals surface area contributed by atoms with Gasteiger partial charge in [-0.2, -0.15) is 0 Å². The normalized spacial score (nSPS) is 49.9. The molecular formula is C32H52O13. The van der Waals surface area contributed by atoms with Gasteiger partial charge >= 0.3 is 5.97 Å². The van der Waals surface area contributed by atoms with Crippen LogP contribution in [0.1, 0.15) is 78.1 Å². The molecule has 2 bridgehead atoms. The summed E-state index contributed by atoms with van der Waals surface area (Å²) in [6.07, 6.45) is -6.71. The van der Waals surface area contributed by atoms with Crippen molar-refractivity contribution in [3.05, 3.63) is 12.2 Å². The number of ether oxygens (including phenoxy) is 4. The van der Waals surface area contributed by atoms with Crippen molar-refractivity contribution in [2.45, 2.75) is 145 Å². The summed E-state index contributed by atoms with van der Waals surface area (Å²) in [5.41, 5.74) is 0.140. The van der Waals surface area contributed by atoms with E-state index >= 15 is 0 Å². The van der Waals surface area contributed by atoms with Gasteiger partial charge in [0.2, 0.25) is 6.29 Å². The number of carbonyl (C=O) groups is 1. The Morgan fingerprint density at radius 1 is 0.867 bits per heavy atom. The van der Waals surface area contributed by atoms with Crippen molar-refractivity contribution < 1.29 is 64.6 Å². The van der Waals surface area contributed by atoms with Gasteiger partial charge in [0.05, 0.1) is 18.8 Å². The Balaban J connectivity index is 1.19. The minimum atomic E-state index is -1.63. The molecule has 0 aromatic carbocycles. The second-order valence-electron chi connectivity index (χ2n) is 14.6. The second kappa shape index (κ2) is 13.3. The molecule has 15 atom stereocenters. The molecule has 2 heterocycles. The van der Waals surface area contributed by atoms with Crippen molar-refractivity contribution in [1.82, 2.24) is 0 Å². The number of aliphatic hydroxyl groups is 8. The summed E-state index contributed by atoms with van der Waals surface area (Å²) in [7, 11) is 0. The molecular weight excluding hydrogens is 592 g/mol. The predicted octanol–water partition coefficient (Wildman–Crippen LogP) is -0.372. The standard InChI is InChI=1S/C32H52O13/c1-16-7-10-31-12-17(2)32(15-31,45-29-27(41)25(39)23(37)19(14-34)43-29)11-8-20(31)30(16,3)9-5-4-6-21(35)44-28-26(40)24(38)22(36)18(13-33)42-28/h16,18-20,22-29,33-34,36-41H,2,4-15H2,1,3H3/t16-,18+,19+,20-,22+,23+,24-,25-,26+,27+,28-,29-,30+,31+,32-/m0/s1. The van der Waals surface area contributed by atoms with E-state index in [-0.39, 0.29) is 17.3 Å². The van der Waals surface area contributed by atoms with E-state index in [1.807, 2.05) is 0 Å².